The monoisotopic (exact) mass is 357 g/mol. The molecule has 0 radical (unpaired) electrons. The molecule has 0 spiro atoms. The zero-order chi connectivity index (χ0) is 18.4. The summed E-state index contributed by atoms with van der Waals surface area (Å²) in [6.07, 6.45) is 3.42. The molecule has 0 fully saturated rings. The van der Waals surface area contributed by atoms with Crippen molar-refractivity contribution in [2.45, 2.75) is 45.0 Å². The summed E-state index contributed by atoms with van der Waals surface area (Å²) < 4.78 is 13.5. The molecular weight excluding hydrogens is 326 g/mol. The Hall–Kier alpha value is -1.41. The highest BCUT2D eigenvalue weighted by molar-refractivity contribution is 7.86. The second-order valence-corrected chi connectivity index (χ2v) is 9.28. The van der Waals surface area contributed by atoms with Crippen LogP contribution in [0.15, 0.2) is 17.4 Å². The van der Waals surface area contributed by atoms with Crippen LogP contribution >= 0.6 is 0 Å². The summed E-state index contributed by atoms with van der Waals surface area (Å²) in [5.41, 5.74) is -0.372. The van der Waals surface area contributed by atoms with Crippen LogP contribution < -0.4 is 10.6 Å². The fourth-order valence-corrected chi connectivity index (χ4v) is 2.83. The molecule has 1 aromatic heterocycles. The largest absolute Gasteiger partial charge is 0.383 e. The summed E-state index contributed by atoms with van der Waals surface area (Å²) in [6, 6.07) is 0. The molecule has 0 aliphatic heterocycles. The van der Waals surface area contributed by atoms with E-state index in [0.29, 0.717) is 24.8 Å². The molecule has 24 heavy (non-hydrogen) atoms. The molecule has 2 atom stereocenters. The number of guanidine groups is 1. The van der Waals surface area contributed by atoms with E-state index in [4.69, 9.17) is 0 Å². The van der Waals surface area contributed by atoms with Gasteiger partial charge in [0.25, 0.3) is 0 Å². The van der Waals surface area contributed by atoms with Gasteiger partial charge in [0.05, 0.1) is 12.7 Å². The molecule has 8 heteroatoms. The van der Waals surface area contributed by atoms with Gasteiger partial charge < -0.3 is 15.7 Å². The average molecular weight is 358 g/mol. The normalized spacial score (nSPS) is 16.5. The Labute approximate surface area is 147 Å². The lowest BCUT2D eigenvalue weighted by atomic mass is 10.0. The van der Waals surface area contributed by atoms with Gasteiger partial charge in [-0.1, -0.05) is 0 Å². The summed E-state index contributed by atoms with van der Waals surface area (Å²) >= 11 is 0. The highest BCUT2D eigenvalue weighted by Gasteiger charge is 2.24. The van der Waals surface area contributed by atoms with Crippen molar-refractivity contribution in [3.05, 3.63) is 18.0 Å². The topological polar surface area (TPSA) is 91.5 Å². The van der Waals surface area contributed by atoms with Gasteiger partial charge in [-0.15, -0.1) is 0 Å². The van der Waals surface area contributed by atoms with Gasteiger partial charge in [-0.25, -0.2) is 4.99 Å². The van der Waals surface area contributed by atoms with Gasteiger partial charge in [0.15, 0.2) is 5.96 Å². The molecule has 0 saturated carbocycles. The second kappa shape index (κ2) is 8.62. The van der Waals surface area contributed by atoms with Gasteiger partial charge in [0.1, 0.15) is 5.60 Å². The summed E-state index contributed by atoms with van der Waals surface area (Å²) in [5, 5.41) is 21.0. The van der Waals surface area contributed by atoms with E-state index >= 15 is 0 Å². The zero-order valence-corrected chi connectivity index (χ0v) is 16.4. The number of aryl methyl sites for hydroxylation is 1. The van der Waals surface area contributed by atoms with Gasteiger partial charge >= 0.3 is 0 Å². The van der Waals surface area contributed by atoms with Crippen LogP contribution in [0.4, 0.5) is 0 Å². The van der Waals surface area contributed by atoms with Crippen molar-refractivity contribution < 1.29 is 9.32 Å². The van der Waals surface area contributed by atoms with Gasteiger partial charge in [-0.05, 0) is 34.6 Å². The molecule has 1 heterocycles. The van der Waals surface area contributed by atoms with Crippen LogP contribution in [-0.2, 0) is 23.4 Å². The quantitative estimate of drug-likeness (QED) is 0.494. The Morgan fingerprint density at radius 1 is 1.38 bits per heavy atom. The Bertz CT molecular complexity index is 575. The van der Waals surface area contributed by atoms with E-state index in [0.717, 1.165) is 5.56 Å². The highest BCUT2D eigenvalue weighted by Crippen LogP contribution is 2.19. The third-order valence-corrected chi connectivity index (χ3v) is 5.42. The molecule has 7 nitrogen and oxygen atoms in total. The molecule has 138 valence electrons. The molecule has 0 amide bonds. The van der Waals surface area contributed by atoms with Crippen molar-refractivity contribution in [2.24, 2.45) is 12.0 Å². The molecule has 1 aromatic rings. The zero-order valence-electron chi connectivity index (χ0n) is 15.6. The van der Waals surface area contributed by atoms with Crippen molar-refractivity contribution in [1.29, 1.82) is 0 Å². The van der Waals surface area contributed by atoms with Gasteiger partial charge in [0, 0.05) is 53.2 Å². The highest BCUT2D eigenvalue weighted by atomic mass is 32.2. The minimum atomic E-state index is -1.09. The molecular formula is C16H31N5O2S. The van der Waals surface area contributed by atoms with E-state index in [1.807, 2.05) is 34.7 Å². The summed E-state index contributed by atoms with van der Waals surface area (Å²) in [7, 11) is 0.898. The number of aliphatic imine (C=N–C) groups is 1. The van der Waals surface area contributed by atoms with Crippen LogP contribution in [0, 0.1) is 0 Å². The Balaban J connectivity index is 2.63. The van der Waals surface area contributed by atoms with Gasteiger partial charge in [-0.2, -0.15) is 5.10 Å². The van der Waals surface area contributed by atoms with Crippen molar-refractivity contribution in [1.82, 2.24) is 20.4 Å². The van der Waals surface area contributed by atoms with Crippen LogP contribution in [0.1, 0.15) is 40.2 Å². The standard InChI is InChI=1S/C16H31N5O2S/c1-7-17-14(18-8-9-24(23)15(2,3)4)19-12-16(5,22)13-10-20-21(6)11-13/h10-11,22H,7-9,12H2,1-6H3,(H2,17,18,19). The van der Waals surface area contributed by atoms with Crippen molar-refractivity contribution in [3.63, 3.8) is 0 Å². The minimum Gasteiger partial charge on any atom is -0.383 e. The predicted molar refractivity (Wildman–Crippen MR) is 99.5 cm³/mol. The first kappa shape index (κ1) is 20.6. The fourth-order valence-electron chi connectivity index (χ4n) is 1.93. The summed E-state index contributed by atoms with van der Waals surface area (Å²) in [4.78, 5) is 4.44. The molecule has 3 N–H and O–H groups in total. The molecule has 0 aliphatic rings. The van der Waals surface area contributed by atoms with Crippen molar-refractivity contribution in [3.8, 4) is 0 Å². The van der Waals surface area contributed by atoms with E-state index in [9.17, 15) is 9.32 Å². The third kappa shape index (κ3) is 6.60. The Morgan fingerprint density at radius 2 is 2.04 bits per heavy atom. The van der Waals surface area contributed by atoms with Crippen LogP contribution in [0.25, 0.3) is 0 Å². The molecule has 0 bridgehead atoms. The molecule has 1 rings (SSSR count). The number of hydrogen-bond donors (Lipinski definition) is 3. The summed E-state index contributed by atoms with van der Waals surface area (Å²) in [5.74, 6) is 1.15. The van der Waals surface area contributed by atoms with Crippen LogP contribution in [-0.4, -0.2) is 55.2 Å². The number of nitrogens with one attached hydrogen (secondary N) is 2. The lowest BCUT2D eigenvalue weighted by Gasteiger charge is -2.21. The fraction of sp³-hybridized carbons (Fsp3) is 0.750. The van der Waals surface area contributed by atoms with Gasteiger partial charge in [-0.3, -0.25) is 8.89 Å². The van der Waals surface area contributed by atoms with E-state index in [-0.39, 0.29) is 11.3 Å². The average Bonchev–Trinajstić information content (AvgIpc) is 2.91. The van der Waals surface area contributed by atoms with E-state index in [1.54, 1.807) is 24.0 Å². The minimum absolute atomic E-state index is 0.205. The maximum atomic E-state index is 12.1. The van der Waals surface area contributed by atoms with Crippen LogP contribution in [0.3, 0.4) is 0 Å². The lowest BCUT2D eigenvalue weighted by molar-refractivity contribution is 0.0672. The maximum Gasteiger partial charge on any atom is 0.191 e. The smallest absolute Gasteiger partial charge is 0.191 e. The Kier molecular flexibility index (Phi) is 7.41. The van der Waals surface area contributed by atoms with Crippen LogP contribution in [0.2, 0.25) is 0 Å². The van der Waals surface area contributed by atoms with Crippen LogP contribution in [0.5, 0.6) is 0 Å². The first-order valence-corrected chi connectivity index (χ1v) is 9.50. The van der Waals surface area contributed by atoms with E-state index in [1.165, 1.54) is 0 Å². The van der Waals surface area contributed by atoms with Crippen molar-refractivity contribution in [2.75, 3.05) is 25.4 Å². The Morgan fingerprint density at radius 3 is 2.54 bits per heavy atom. The lowest BCUT2D eigenvalue weighted by Crippen LogP contribution is -2.41. The predicted octanol–water partition coefficient (Wildman–Crippen LogP) is 0.730. The number of aromatic nitrogens is 2. The first-order chi connectivity index (χ1) is 11.1. The molecule has 0 aromatic carbocycles. The number of nitrogens with zero attached hydrogens (tertiary/aromatic N) is 3. The molecule has 0 saturated heterocycles. The second-order valence-electron chi connectivity index (χ2n) is 6.96. The maximum absolute atomic E-state index is 12.1. The number of hydrogen-bond acceptors (Lipinski definition) is 4. The molecule has 2 unspecified atom stereocenters. The van der Waals surface area contributed by atoms with E-state index < -0.39 is 16.4 Å². The first-order valence-electron chi connectivity index (χ1n) is 8.18. The van der Waals surface area contributed by atoms with Gasteiger partial charge in [0.2, 0.25) is 0 Å². The van der Waals surface area contributed by atoms with Crippen molar-refractivity contribution >= 4 is 16.8 Å². The number of aliphatic hydroxyl groups is 1. The summed E-state index contributed by atoms with van der Waals surface area (Å²) in [6.45, 7) is 11.1. The van der Waals surface area contributed by atoms with E-state index in [2.05, 4.69) is 20.7 Å². The molecule has 0 aliphatic carbocycles. The third-order valence-electron chi connectivity index (χ3n) is 3.48. The SMILES string of the molecule is CCNC(=NCC(C)(O)c1cnn(C)c1)NCCS(=O)C(C)(C)C. The number of rotatable bonds is 7.